The van der Waals surface area contributed by atoms with Gasteiger partial charge in [0.25, 0.3) is 11.4 Å². The first kappa shape index (κ1) is 19.2. The Bertz CT molecular complexity index is 1280. The minimum Gasteiger partial charge on any atom is -0.332 e. The lowest BCUT2D eigenvalue weighted by atomic mass is 10.2. The molecular weight excluding hydrogens is 394 g/mol. The van der Waals surface area contributed by atoms with Crippen LogP contribution in [0.15, 0.2) is 76.0 Å². The standard InChI is InChI=1S/C21H14F2N4O3/c22-14-7-2-1-6-13(14)20-25-21(30-26-20)17-10-5-11-19(29)27(17)12-18(28)24-16-9-4-3-8-15(16)23/h1-11H,12H2,(H,24,28). The summed E-state index contributed by atoms with van der Waals surface area (Å²) in [4.78, 5) is 28.9. The second-order valence-electron chi connectivity index (χ2n) is 6.27. The molecule has 30 heavy (non-hydrogen) atoms. The average molecular weight is 408 g/mol. The molecule has 9 heteroatoms. The highest BCUT2D eigenvalue weighted by atomic mass is 19.1. The molecule has 0 radical (unpaired) electrons. The molecule has 0 saturated heterocycles. The van der Waals surface area contributed by atoms with E-state index in [1.54, 1.807) is 12.1 Å². The van der Waals surface area contributed by atoms with Gasteiger partial charge >= 0.3 is 0 Å². The van der Waals surface area contributed by atoms with Crippen molar-refractivity contribution in [3.8, 4) is 23.0 Å². The van der Waals surface area contributed by atoms with Crippen molar-refractivity contribution in [3.05, 3.63) is 88.7 Å². The van der Waals surface area contributed by atoms with E-state index in [4.69, 9.17) is 4.52 Å². The molecule has 4 aromatic rings. The third kappa shape index (κ3) is 3.86. The van der Waals surface area contributed by atoms with Crippen LogP contribution in [0.1, 0.15) is 0 Å². The normalized spacial score (nSPS) is 10.7. The Morgan fingerprint density at radius 1 is 0.967 bits per heavy atom. The minimum atomic E-state index is -0.622. The van der Waals surface area contributed by atoms with Gasteiger partial charge in [0.15, 0.2) is 0 Å². The van der Waals surface area contributed by atoms with Gasteiger partial charge in [-0.15, -0.1) is 0 Å². The Morgan fingerprint density at radius 3 is 2.47 bits per heavy atom. The number of halogens is 2. The van der Waals surface area contributed by atoms with Crippen LogP contribution in [0.2, 0.25) is 0 Å². The van der Waals surface area contributed by atoms with Gasteiger partial charge in [0.1, 0.15) is 23.9 Å². The molecule has 2 aromatic carbocycles. The van der Waals surface area contributed by atoms with Crippen molar-refractivity contribution < 1.29 is 18.1 Å². The maximum atomic E-state index is 14.0. The zero-order chi connectivity index (χ0) is 21.1. The third-order valence-corrected chi connectivity index (χ3v) is 4.26. The highest BCUT2D eigenvalue weighted by Gasteiger charge is 2.18. The molecule has 0 bridgehead atoms. The number of carbonyl (C=O) groups excluding carboxylic acids is 1. The van der Waals surface area contributed by atoms with Gasteiger partial charge < -0.3 is 9.84 Å². The van der Waals surface area contributed by atoms with Crippen molar-refractivity contribution in [1.29, 1.82) is 0 Å². The molecule has 0 aliphatic heterocycles. The number of benzene rings is 2. The van der Waals surface area contributed by atoms with Crippen molar-refractivity contribution in [2.45, 2.75) is 6.54 Å². The van der Waals surface area contributed by atoms with E-state index in [-0.39, 0.29) is 28.7 Å². The number of hydrogen-bond acceptors (Lipinski definition) is 5. The number of nitrogens with zero attached hydrogens (tertiary/aromatic N) is 3. The number of anilines is 1. The second-order valence-corrected chi connectivity index (χ2v) is 6.27. The summed E-state index contributed by atoms with van der Waals surface area (Å²) in [6.45, 7) is -0.416. The molecule has 0 unspecified atom stereocenters. The average Bonchev–Trinajstić information content (AvgIpc) is 3.21. The summed E-state index contributed by atoms with van der Waals surface area (Å²) >= 11 is 0. The molecule has 0 fully saturated rings. The maximum absolute atomic E-state index is 14.0. The summed E-state index contributed by atoms with van der Waals surface area (Å²) in [7, 11) is 0. The first-order chi connectivity index (χ1) is 14.5. The van der Waals surface area contributed by atoms with Crippen LogP contribution >= 0.6 is 0 Å². The summed E-state index contributed by atoms with van der Waals surface area (Å²) in [5.41, 5.74) is -0.203. The van der Waals surface area contributed by atoms with E-state index in [0.29, 0.717) is 0 Å². The van der Waals surface area contributed by atoms with Gasteiger partial charge in [-0.2, -0.15) is 4.98 Å². The predicted octanol–water partition coefficient (Wildman–Crippen LogP) is 3.48. The van der Waals surface area contributed by atoms with Gasteiger partial charge in [-0.1, -0.05) is 35.5 Å². The van der Waals surface area contributed by atoms with Crippen LogP contribution in [0, 0.1) is 11.6 Å². The van der Waals surface area contributed by atoms with Crippen LogP contribution < -0.4 is 10.9 Å². The van der Waals surface area contributed by atoms with E-state index < -0.39 is 29.6 Å². The smallest absolute Gasteiger partial charge is 0.274 e. The molecule has 0 spiro atoms. The van der Waals surface area contributed by atoms with Crippen molar-refractivity contribution in [3.63, 3.8) is 0 Å². The number of rotatable bonds is 5. The zero-order valence-corrected chi connectivity index (χ0v) is 15.4. The molecule has 0 saturated carbocycles. The third-order valence-electron chi connectivity index (χ3n) is 4.26. The van der Waals surface area contributed by atoms with E-state index in [2.05, 4.69) is 15.5 Å². The Hall–Kier alpha value is -4.14. The summed E-state index contributed by atoms with van der Waals surface area (Å²) < 4.78 is 34.0. The van der Waals surface area contributed by atoms with E-state index in [0.717, 1.165) is 4.57 Å². The molecule has 4 rings (SSSR count). The van der Waals surface area contributed by atoms with Crippen LogP contribution in [0.4, 0.5) is 14.5 Å². The molecule has 0 atom stereocenters. The predicted molar refractivity (Wildman–Crippen MR) is 104 cm³/mol. The fourth-order valence-corrected chi connectivity index (χ4v) is 2.85. The van der Waals surface area contributed by atoms with Gasteiger partial charge in [0.05, 0.1) is 11.3 Å². The fraction of sp³-hybridized carbons (Fsp3) is 0.0476. The lowest BCUT2D eigenvalue weighted by molar-refractivity contribution is -0.116. The van der Waals surface area contributed by atoms with Crippen LogP contribution in [-0.4, -0.2) is 20.6 Å². The van der Waals surface area contributed by atoms with E-state index in [1.165, 1.54) is 54.6 Å². The van der Waals surface area contributed by atoms with Crippen molar-refractivity contribution in [2.75, 3.05) is 5.32 Å². The Balaban J connectivity index is 1.64. The number of nitrogens with one attached hydrogen (secondary N) is 1. The van der Waals surface area contributed by atoms with Gasteiger partial charge in [0.2, 0.25) is 11.7 Å². The summed E-state index contributed by atoms with van der Waals surface area (Å²) in [5, 5.41) is 6.17. The van der Waals surface area contributed by atoms with Gasteiger partial charge in [-0.05, 0) is 30.3 Å². The summed E-state index contributed by atoms with van der Waals surface area (Å²) in [6.07, 6.45) is 0. The maximum Gasteiger partial charge on any atom is 0.274 e. The number of hydrogen-bond donors (Lipinski definition) is 1. The van der Waals surface area contributed by atoms with E-state index in [1.807, 2.05) is 0 Å². The zero-order valence-electron chi connectivity index (χ0n) is 15.4. The van der Waals surface area contributed by atoms with Crippen molar-refractivity contribution in [2.24, 2.45) is 0 Å². The fourth-order valence-electron chi connectivity index (χ4n) is 2.85. The highest BCUT2D eigenvalue weighted by Crippen LogP contribution is 2.23. The Morgan fingerprint density at radius 2 is 1.70 bits per heavy atom. The quantitative estimate of drug-likeness (QED) is 0.546. The largest absolute Gasteiger partial charge is 0.332 e. The van der Waals surface area contributed by atoms with Gasteiger partial charge in [-0.25, -0.2) is 8.78 Å². The van der Waals surface area contributed by atoms with Crippen molar-refractivity contribution in [1.82, 2.24) is 14.7 Å². The minimum absolute atomic E-state index is 0.00163. The lowest BCUT2D eigenvalue weighted by Crippen LogP contribution is -2.28. The number of carbonyl (C=O) groups is 1. The molecular formula is C21H14F2N4O3. The highest BCUT2D eigenvalue weighted by molar-refractivity contribution is 5.90. The van der Waals surface area contributed by atoms with Gasteiger partial charge in [-0.3, -0.25) is 14.2 Å². The molecule has 150 valence electrons. The van der Waals surface area contributed by atoms with Gasteiger partial charge in [0, 0.05) is 6.07 Å². The van der Waals surface area contributed by atoms with Crippen LogP contribution in [0.3, 0.4) is 0 Å². The van der Waals surface area contributed by atoms with Crippen molar-refractivity contribution >= 4 is 11.6 Å². The summed E-state index contributed by atoms with van der Waals surface area (Å²) in [6, 6.07) is 15.8. The second kappa shape index (κ2) is 8.08. The number of aromatic nitrogens is 3. The van der Waals surface area contributed by atoms with E-state index >= 15 is 0 Å². The Kier molecular flexibility index (Phi) is 5.17. The van der Waals surface area contributed by atoms with Crippen LogP contribution in [-0.2, 0) is 11.3 Å². The first-order valence-electron chi connectivity index (χ1n) is 8.86. The van der Waals surface area contributed by atoms with Crippen LogP contribution in [0.5, 0.6) is 0 Å². The Labute approximate surface area is 168 Å². The van der Waals surface area contributed by atoms with Crippen LogP contribution in [0.25, 0.3) is 23.0 Å². The molecule has 2 heterocycles. The monoisotopic (exact) mass is 408 g/mol. The number of para-hydroxylation sites is 1. The topological polar surface area (TPSA) is 90.0 Å². The lowest BCUT2D eigenvalue weighted by Gasteiger charge is -2.10. The molecule has 1 N–H and O–H groups in total. The van der Waals surface area contributed by atoms with E-state index in [9.17, 15) is 18.4 Å². The molecule has 7 nitrogen and oxygen atoms in total. The molecule has 0 aliphatic rings. The SMILES string of the molecule is O=C(Cn1c(-c2nc(-c3ccccc3F)no2)cccc1=O)Nc1ccccc1F. The first-order valence-corrected chi connectivity index (χ1v) is 8.86. The summed E-state index contributed by atoms with van der Waals surface area (Å²) in [5.74, 6) is -1.81. The number of pyridine rings is 1. The number of amides is 1. The molecule has 2 aromatic heterocycles. The molecule has 1 amide bonds. The molecule has 0 aliphatic carbocycles.